The Hall–Kier alpha value is -2.40. The fraction of sp³-hybridized carbons (Fsp3) is 0.429. The minimum Gasteiger partial charge on any atom is -0.493 e. The first-order valence-electron chi connectivity index (χ1n) is 8.84. The molecule has 0 saturated heterocycles. The summed E-state index contributed by atoms with van der Waals surface area (Å²) in [5.74, 6) is 3.39. The van der Waals surface area contributed by atoms with Crippen LogP contribution < -0.4 is 18.9 Å². The number of benzene rings is 2. The van der Waals surface area contributed by atoms with E-state index in [9.17, 15) is 0 Å². The van der Waals surface area contributed by atoms with Gasteiger partial charge in [0.2, 0.25) is 0 Å². The Bertz CT molecular complexity index is 783. The first kappa shape index (κ1) is 17.0. The Morgan fingerprint density at radius 1 is 0.692 bits per heavy atom. The van der Waals surface area contributed by atoms with Crippen molar-refractivity contribution in [3.8, 4) is 23.0 Å². The van der Waals surface area contributed by atoms with Crippen LogP contribution in [-0.2, 0) is 13.1 Å². The third-order valence-electron chi connectivity index (χ3n) is 5.77. The van der Waals surface area contributed by atoms with Crippen molar-refractivity contribution in [1.82, 2.24) is 4.90 Å². The van der Waals surface area contributed by atoms with Gasteiger partial charge in [0.1, 0.15) is 0 Å². The first-order valence-corrected chi connectivity index (χ1v) is 8.84. The first-order chi connectivity index (χ1) is 12.6. The zero-order valence-electron chi connectivity index (χ0n) is 16.0. The number of nitrogens with zero attached hydrogens (tertiary/aromatic N) is 1. The van der Waals surface area contributed by atoms with Crippen LogP contribution in [0.5, 0.6) is 23.0 Å². The van der Waals surface area contributed by atoms with Crippen LogP contribution >= 0.6 is 0 Å². The number of fused-ring (bicyclic) bond motifs is 6. The largest absolute Gasteiger partial charge is 0.493 e. The number of hydrogen-bond acceptors (Lipinski definition) is 5. The van der Waals surface area contributed by atoms with Crippen LogP contribution in [0.4, 0.5) is 0 Å². The second-order valence-electron chi connectivity index (χ2n) is 6.94. The van der Waals surface area contributed by atoms with Crippen molar-refractivity contribution in [1.29, 1.82) is 0 Å². The average Bonchev–Trinajstić information content (AvgIpc) is 2.66. The van der Waals surface area contributed by atoms with E-state index in [4.69, 9.17) is 18.9 Å². The van der Waals surface area contributed by atoms with Gasteiger partial charge in [-0.05, 0) is 53.4 Å². The highest BCUT2D eigenvalue weighted by Crippen LogP contribution is 2.49. The Balaban J connectivity index is 1.91. The van der Waals surface area contributed by atoms with Gasteiger partial charge in [-0.15, -0.1) is 0 Å². The lowest BCUT2D eigenvalue weighted by molar-refractivity contribution is 0.143. The van der Waals surface area contributed by atoms with Crippen molar-refractivity contribution >= 4 is 0 Å². The summed E-state index contributed by atoms with van der Waals surface area (Å²) in [4.78, 5) is 2.51. The molecule has 2 heterocycles. The summed E-state index contributed by atoms with van der Waals surface area (Å²) in [6.07, 6.45) is 0. The lowest BCUT2D eigenvalue weighted by Crippen LogP contribution is -2.45. The monoisotopic (exact) mass is 355 g/mol. The van der Waals surface area contributed by atoms with E-state index in [2.05, 4.69) is 36.1 Å². The summed E-state index contributed by atoms with van der Waals surface area (Å²) < 4.78 is 22.1. The summed E-state index contributed by atoms with van der Waals surface area (Å²) in [6, 6.07) is 8.92. The molecule has 5 heteroatoms. The lowest BCUT2D eigenvalue weighted by atomic mass is 9.74. The van der Waals surface area contributed by atoms with Gasteiger partial charge in [-0.3, -0.25) is 4.90 Å². The smallest absolute Gasteiger partial charge is 0.161 e. The molecule has 138 valence electrons. The van der Waals surface area contributed by atoms with E-state index in [0.29, 0.717) is 6.04 Å². The summed E-state index contributed by atoms with van der Waals surface area (Å²) in [7, 11) is 6.74. The number of hydrogen-bond donors (Lipinski definition) is 0. The maximum absolute atomic E-state index is 5.56. The molecule has 2 aliphatic rings. The molecule has 2 aromatic carbocycles. The Morgan fingerprint density at radius 2 is 1.08 bits per heavy atom. The third kappa shape index (κ3) is 2.42. The molecular weight excluding hydrogens is 330 g/mol. The quantitative estimate of drug-likeness (QED) is 0.838. The minimum atomic E-state index is 0.266. The van der Waals surface area contributed by atoms with E-state index in [1.165, 1.54) is 22.3 Å². The van der Waals surface area contributed by atoms with E-state index in [-0.39, 0.29) is 5.92 Å². The average molecular weight is 355 g/mol. The molecule has 0 aromatic heterocycles. The zero-order chi connectivity index (χ0) is 18.4. The van der Waals surface area contributed by atoms with Crippen LogP contribution in [-0.4, -0.2) is 39.4 Å². The molecule has 0 spiro atoms. The zero-order valence-corrected chi connectivity index (χ0v) is 16.0. The predicted octanol–water partition coefficient (Wildman–Crippen LogP) is 3.57. The van der Waals surface area contributed by atoms with Gasteiger partial charge in [-0.1, -0.05) is 0 Å². The highest BCUT2D eigenvalue weighted by Gasteiger charge is 2.39. The van der Waals surface area contributed by atoms with E-state index in [1.807, 2.05) is 0 Å². The summed E-state index contributed by atoms with van der Waals surface area (Å²) in [5, 5.41) is 0. The number of rotatable bonds is 4. The fourth-order valence-corrected chi connectivity index (χ4v) is 4.41. The van der Waals surface area contributed by atoms with Crippen molar-refractivity contribution in [2.24, 2.45) is 0 Å². The molecule has 0 amide bonds. The fourth-order valence-electron chi connectivity index (χ4n) is 4.41. The third-order valence-corrected chi connectivity index (χ3v) is 5.77. The predicted molar refractivity (Wildman–Crippen MR) is 99.6 cm³/mol. The van der Waals surface area contributed by atoms with Crippen molar-refractivity contribution in [3.05, 3.63) is 46.5 Å². The maximum atomic E-state index is 5.56. The van der Waals surface area contributed by atoms with Crippen LogP contribution in [0.3, 0.4) is 0 Å². The summed E-state index contributed by atoms with van der Waals surface area (Å²) >= 11 is 0. The van der Waals surface area contributed by atoms with Gasteiger partial charge in [0.15, 0.2) is 23.0 Å². The lowest BCUT2D eigenvalue weighted by Gasteiger charge is -2.46. The van der Waals surface area contributed by atoms with Crippen LogP contribution in [0.1, 0.15) is 35.1 Å². The van der Waals surface area contributed by atoms with Gasteiger partial charge < -0.3 is 18.9 Å². The molecule has 0 radical (unpaired) electrons. The molecule has 5 nitrogen and oxygen atoms in total. The second kappa shape index (κ2) is 6.40. The Morgan fingerprint density at radius 3 is 1.46 bits per heavy atom. The molecular formula is C21H25NO4. The van der Waals surface area contributed by atoms with Crippen molar-refractivity contribution < 1.29 is 18.9 Å². The molecule has 2 bridgehead atoms. The Labute approximate surface area is 154 Å². The highest BCUT2D eigenvalue weighted by atomic mass is 16.5. The van der Waals surface area contributed by atoms with E-state index in [0.717, 1.165) is 36.1 Å². The molecule has 26 heavy (non-hydrogen) atoms. The van der Waals surface area contributed by atoms with Crippen LogP contribution in [0, 0.1) is 0 Å². The summed E-state index contributed by atoms with van der Waals surface area (Å²) in [6.45, 7) is 4.10. The minimum absolute atomic E-state index is 0.266. The van der Waals surface area contributed by atoms with E-state index < -0.39 is 0 Å². The van der Waals surface area contributed by atoms with Gasteiger partial charge in [0.25, 0.3) is 0 Å². The van der Waals surface area contributed by atoms with Gasteiger partial charge >= 0.3 is 0 Å². The van der Waals surface area contributed by atoms with Gasteiger partial charge in [0.05, 0.1) is 28.4 Å². The molecule has 1 unspecified atom stereocenters. The van der Waals surface area contributed by atoms with E-state index in [1.54, 1.807) is 28.4 Å². The van der Waals surface area contributed by atoms with Crippen LogP contribution in [0.25, 0.3) is 0 Å². The van der Waals surface area contributed by atoms with Gasteiger partial charge in [-0.25, -0.2) is 0 Å². The molecule has 0 N–H and O–H groups in total. The van der Waals surface area contributed by atoms with Gasteiger partial charge in [0, 0.05) is 25.0 Å². The molecule has 4 rings (SSSR count). The number of methoxy groups -OCH3 is 4. The van der Waals surface area contributed by atoms with Crippen LogP contribution in [0.2, 0.25) is 0 Å². The molecule has 2 aliphatic heterocycles. The summed E-state index contributed by atoms with van der Waals surface area (Å²) in [5.41, 5.74) is 5.21. The molecule has 0 fully saturated rings. The topological polar surface area (TPSA) is 40.2 Å². The van der Waals surface area contributed by atoms with Crippen molar-refractivity contribution in [2.45, 2.75) is 32.0 Å². The highest BCUT2D eigenvalue weighted by molar-refractivity contribution is 5.57. The SMILES string of the molecule is COc1cc2c(cc1OC)C1c3cc(OC)c(OC)cc3CN(C2)C1C. The Kier molecular flexibility index (Phi) is 4.19. The molecule has 1 atom stereocenters. The number of ether oxygens (including phenoxy) is 4. The van der Waals surface area contributed by atoms with Gasteiger partial charge in [-0.2, -0.15) is 0 Å². The van der Waals surface area contributed by atoms with Crippen molar-refractivity contribution in [3.63, 3.8) is 0 Å². The normalized spacial score (nSPS) is 22.9. The van der Waals surface area contributed by atoms with Crippen LogP contribution in [0.15, 0.2) is 24.3 Å². The standard InChI is InChI=1S/C21H25NO4/c1-12-21-15-8-19(25-4)17(23-2)6-13(15)10-22(12)11-14-7-18(24-3)20(26-5)9-16(14)21/h6-9,12,21H,10-11H2,1-5H3. The van der Waals surface area contributed by atoms with Crippen molar-refractivity contribution in [2.75, 3.05) is 28.4 Å². The molecule has 0 aliphatic carbocycles. The molecule has 0 saturated carbocycles. The molecule has 2 aromatic rings. The van der Waals surface area contributed by atoms with E-state index >= 15 is 0 Å². The maximum Gasteiger partial charge on any atom is 0.161 e. The second-order valence-corrected chi connectivity index (χ2v) is 6.94.